The summed E-state index contributed by atoms with van der Waals surface area (Å²) in [5.41, 5.74) is -0.763. The van der Waals surface area contributed by atoms with Crippen molar-refractivity contribution in [2.75, 3.05) is 5.32 Å². The van der Waals surface area contributed by atoms with Crippen molar-refractivity contribution in [3.8, 4) is 0 Å². The molecule has 1 N–H and O–H groups in total. The van der Waals surface area contributed by atoms with Crippen molar-refractivity contribution >= 4 is 46.0 Å². The first kappa shape index (κ1) is 22.4. The fraction of sp³-hybridized carbons (Fsp3) is 0.417. The predicted molar refractivity (Wildman–Crippen MR) is 129 cm³/mol. The Labute approximate surface area is 206 Å². The third-order valence-electron chi connectivity index (χ3n) is 7.32. The number of hydrogen-bond acceptors (Lipinski definition) is 5. The zero-order valence-electron chi connectivity index (χ0n) is 17.9. The third kappa shape index (κ3) is 3.74. The highest BCUT2D eigenvalue weighted by molar-refractivity contribution is 8.00. The van der Waals surface area contributed by atoms with Crippen LogP contribution in [0.1, 0.15) is 40.5 Å². The summed E-state index contributed by atoms with van der Waals surface area (Å²) < 4.78 is 40.6. The smallest absolute Gasteiger partial charge is 0.325 e. The van der Waals surface area contributed by atoms with Gasteiger partial charge in [0.25, 0.3) is 0 Å². The Bertz CT molecular complexity index is 1300. The Morgan fingerprint density at radius 1 is 1.15 bits per heavy atom. The molecule has 2 aromatic heterocycles. The lowest BCUT2D eigenvalue weighted by Gasteiger charge is -2.40. The second-order valence-electron chi connectivity index (χ2n) is 9.24. The molecule has 0 spiro atoms. The van der Waals surface area contributed by atoms with E-state index < -0.39 is 17.6 Å². The van der Waals surface area contributed by atoms with Gasteiger partial charge < -0.3 is 5.32 Å². The van der Waals surface area contributed by atoms with Crippen LogP contribution in [0.4, 0.5) is 18.9 Å². The molecule has 5 atom stereocenters. The number of rotatable bonds is 4. The average Bonchev–Trinajstić information content (AvgIpc) is 3.58. The van der Waals surface area contributed by atoms with Gasteiger partial charge in [0.1, 0.15) is 6.54 Å². The van der Waals surface area contributed by atoms with E-state index in [1.54, 1.807) is 23.1 Å². The van der Waals surface area contributed by atoms with Crippen LogP contribution in [0.15, 0.2) is 51.6 Å². The van der Waals surface area contributed by atoms with Gasteiger partial charge in [-0.3, -0.25) is 14.2 Å². The van der Waals surface area contributed by atoms with Crippen LogP contribution in [-0.2, 0) is 17.5 Å². The normalized spacial score (nSPS) is 27.4. The van der Waals surface area contributed by atoms with Gasteiger partial charge in [-0.2, -0.15) is 13.2 Å². The number of carbonyl (C=O) groups excluding carboxylic acids is 1. The molecule has 3 aliphatic rings. The summed E-state index contributed by atoms with van der Waals surface area (Å²) in [6.45, 7) is -0.212. The first-order chi connectivity index (χ1) is 16.3. The minimum atomic E-state index is -4.49. The van der Waals surface area contributed by atoms with Crippen molar-refractivity contribution in [3.63, 3.8) is 0 Å². The molecule has 6 rings (SSSR count). The number of anilines is 1. The van der Waals surface area contributed by atoms with Crippen LogP contribution >= 0.6 is 34.4 Å². The molecule has 178 valence electrons. The Morgan fingerprint density at radius 3 is 2.74 bits per heavy atom. The summed E-state index contributed by atoms with van der Waals surface area (Å²) in [7, 11) is 0. The number of nitrogens with one attached hydrogen (secondary N) is 1. The third-order valence-corrected chi connectivity index (χ3v) is 11.1. The zero-order valence-corrected chi connectivity index (χ0v) is 20.3. The Hall–Kier alpha value is -2.04. The van der Waals surface area contributed by atoms with E-state index >= 15 is 0 Å². The Morgan fingerprint density at radius 2 is 1.97 bits per heavy atom. The van der Waals surface area contributed by atoms with Crippen molar-refractivity contribution in [2.45, 2.75) is 48.2 Å². The molecule has 0 unspecified atom stereocenters. The molecule has 2 fully saturated rings. The van der Waals surface area contributed by atoms with Gasteiger partial charge in [0.05, 0.1) is 10.6 Å². The topological polar surface area (TPSA) is 51.1 Å². The number of aromatic nitrogens is 1. The number of benzene rings is 1. The average molecular weight is 523 g/mol. The molecule has 4 nitrogen and oxygen atoms in total. The minimum Gasteiger partial charge on any atom is -0.325 e. The number of carbonyl (C=O) groups is 1. The monoisotopic (exact) mass is 522 g/mol. The maximum absolute atomic E-state index is 13.0. The number of alkyl halides is 3. The SMILES string of the molecule is O=C(Cn1c2c(sc1=O)[C@@H](c1cccs1)[C@@H]1[C@H]3CC[C@@H](C3)[C@H]1S2)Nc1cccc(C(F)(F)F)c1. The quantitative estimate of drug-likeness (QED) is 0.439. The number of nitrogens with zero attached hydrogens (tertiary/aromatic N) is 1. The van der Waals surface area contributed by atoms with Crippen molar-refractivity contribution in [1.29, 1.82) is 0 Å². The maximum atomic E-state index is 13.0. The lowest BCUT2D eigenvalue weighted by Crippen LogP contribution is -2.34. The minimum absolute atomic E-state index is 0.0641. The standard InChI is InChI=1S/C24H21F3N2O2S3/c25-24(26,27)14-3-1-4-15(10-14)28-17(30)11-29-22-21(34-23(29)31)19(16-5-2-8-32-16)18-12-6-7-13(9-12)20(18)33-22/h1-5,8,10,12-13,18-20H,6-7,9,11H2,(H,28,30)/t12-,13-,18-,19-,20+/m0/s1. The molecule has 34 heavy (non-hydrogen) atoms. The van der Waals surface area contributed by atoms with Crippen LogP contribution in [-0.4, -0.2) is 15.7 Å². The molecular weight excluding hydrogens is 501 g/mol. The molecule has 0 radical (unpaired) electrons. The van der Waals surface area contributed by atoms with Gasteiger partial charge >= 0.3 is 11.0 Å². The van der Waals surface area contributed by atoms with Gasteiger partial charge in [-0.1, -0.05) is 23.5 Å². The van der Waals surface area contributed by atoms with Gasteiger partial charge in [-0.05, 0) is 66.7 Å². The highest BCUT2D eigenvalue weighted by Crippen LogP contribution is 2.64. The molecule has 1 aliphatic heterocycles. The number of amides is 1. The van der Waals surface area contributed by atoms with Gasteiger partial charge in [0.15, 0.2) is 0 Å². The molecule has 0 saturated heterocycles. The van der Waals surface area contributed by atoms with E-state index in [0.29, 0.717) is 23.0 Å². The molecule has 2 bridgehead atoms. The fourth-order valence-electron chi connectivity index (χ4n) is 5.99. The highest BCUT2D eigenvalue weighted by atomic mass is 32.2. The van der Waals surface area contributed by atoms with Crippen LogP contribution in [0.25, 0.3) is 0 Å². The van der Waals surface area contributed by atoms with Gasteiger partial charge in [0.2, 0.25) is 5.91 Å². The molecule has 2 saturated carbocycles. The van der Waals surface area contributed by atoms with Crippen LogP contribution in [0.3, 0.4) is 0 Å². The number of thiazole rings is 1. The highest BCUT2D eigenvalue weighted by Gasteiger charge is 2.55. The number of thiophene rings is 1. The van der Waals surface area contributed by atoms with Gasteiger partial charge in [-0.25, -0.2) is 0 Å². The van der Waals surface area contributed by atoms with Crippen molar-refractivity contribution < 1.29 is 18.0 Å². The second-order valence-corrected chi connectivity index (χ2v) is 12.4. The van der Waals surface area contributed by atoms with E-state index in [9.17, 15) is 22.8 Å². The number of halogens is 3. The van der Waals surface area contributed by atoms with E-state index in [1.165, 1.54) is 52.2 Å². The van der Waals surface area contributed by atoms with Crippen molar-refractivity contribution in [1.82, 2.24) is 4.57 Å². The van der Waals surface area contributed by atoms with E-state index in [1.807, 2.05) is 6.07 Å². The van der Waals surface area contributed by atoms with Crippen molar-refractivity contribution in [2.24, 2.45) is 17.8 Å². The molecule has 1 amide bonds. The van der Waals surface area contributed by atoms with E-state index in [2.05, 4.69) is 16.8 Å². The summed E-state index contributed by atoms with van der Waals surface area (Å²) in [5.74, 6) is 1.50. The van der Waals surface area contributed by atoms with E-state index in [4.69, 9.17) is 0 Å². The first-order valence-corrected chi connectivity index (χ1v) is 13.8. The van der Waals surface area contributed by atoms with Crippen LogP contribution in [0.2, 0.25) is 0 Å². The van der Waals surface area contributed by atoms with Gasteiger partial charge in [-0.15, -0.1) is 23.1 Å². The first-order valence-electron chi connectivity index (χ1n) is 11.2. The molecular formula is C24H21F3N2O2S3. The summed E-state index contributed by atoms with van der Waals surface area (Å²) >= 11 is 4.68. The molecule has 3 heterocycles. The van der Waals surface area contributed by atoms with Crippen molar-refractivity contribution in [3.05, 3.63) is 66.8 Å². The zero-order chi connectivity index (χ0) is 23.6. The van der Waals surface area contributed by atoms with Crippen LogP contribution < -0.4 is 10.2 Å². The van der Waals surface area contributed by atoms with Crippen LogP contribution in [0, 0.1) is 17.8 Å². The number of thioether (sulfide) groups is 1. The molecule has 1 aromatic carbocycles. The number of hydrogen-bond donors (Lipinski definition) is 1. The van der Waals surface area contributed by atoms with E-state index in [0.717, 1.165) is 22.0 Å². The number of fused-ring (bicyclic) bond motifs is 6. The molecule has 2 aliphatic carbocycles. The predicted octanol–water partition coefficient (Wildman–Crippen LogP) is 6.28. The molecule has 3 aromatic rings. The lowest BCUT2D eigenvalue weighted by atomic mass is 9.77. The largest absolute Gasteiger partial charge is 0.416 e. The second kappa shape index (κ2) is 8.27. The van der Waals surface area contributed by atoms with Gasteiger partial charge in [0, 0.05) is 26.6 Å². The summed E-state index contributed by atoms with van der Waals surface area (Å²) in [6.07, 6.45) is -0.789. The summed E-state index contributed by atoms with van der Waals surface area (Å²) in [6, 6.07) is 8.74. The lowest BCUT2D eigenvalue weighted by molar-refractivity contribution is -0.137. The molecule has 10 heteroatoms. The Balaban J connectivity index is 1.31. The van der Waals surface area contributed by atoms with E-state index in [-0.39, 0.29) is 23.0 Å². The summed E-state index contributed by atoms with van der Waals surface area (Å²) in [5, 5.41) is 5.91. The fourth-order valence-corrected chi connectivity index (χ4v) is 10.1. The summed E-state index contributed by atoms with van der Waals surface area (Å²) in [4.78, 5) is 27.9. The Kier molecular flexibility index (Phi) is 5.46. The van der Waals surface area contributed by atoms with Crippen LogP contribution in [0.5, 0.6) is 0 Å². The maximum Gasteiger partial charge on any atom is 0.416 e.